The standard InChI is InChI=1S/C11H22N2O2.C2H2O4/c1-11(2,12)10(15)13-6-3-9(4-7-13)5-8-14;3-1(4)2(5)6/h9,14H,3-8,12H2,1-2H3;(H,3,4)(H,5,6). The summed E-state index contributed by atoms with van der Waals surface area (Å²) in [6.07, 6.45) is 2.83. The van der Waals surface area contributed by atoms with Crippen molar-refractivity contribution in [3.05, 3.63) is 0 Å². The predicted octanol–water partition coefficient (Wildman–Crippen LogP) is -0.500. The molecule has 0 unspecified atom stereocenters. The Morgan fingerprint density at radius 3 is 1.86 bits per heavy atom. The van der Waals surface area contributed by atoms with Crippen LogP contribution in [0.2, 0.25) is 0 Å². The molecular weight excluding hydrogens is 280 g/mol. The van der Waals surface area contributed by atoms with Crippen molar-refractivity contribution in [2.45, 2.75) is 38.6 Å². The monoisotopic (exact) mass is 304 g/mol. The average Bonchev–Trinajstić information content (AvgIpc) is 2.38. The number of amides is 1. The summed E-state index contributed by atoms with van der Waals surface area (Å²) in [5.41, 5.74) is 5.01. The third kappa shape index (κ3) is 7.62. The van der Waals surface area contributed by atoms with Gasteiger partial charge in [-0.2, -0.15) is 0 Å². The predicted molar refractivity (Wildman–Crippen MR) is 74.5 cm³/mol. The molecule has 1 amide bonds. The molecule has 5 N–H and O–H groups in total. The number of aliphatic hydroxyl groups excluding tert-OH is 1. The fraction of sp³-hybridized carbons (Fsp3) is 0.769. The minimum Gasteiger partial charge on any atom is -0.473 e. The van der Waals surface area contributed by atoms with Crippen LogP contribution >= 0.6 is 0 Å². The summed E-state index contributed by atoms with van der Waals surface area (Å²) in [5, 5.41) is 23.6. The van der Waals surface area contributed by atoms with Crippen LogP contribution < -0.4 is 5.73 Å². The number of hydrogen-bond donors (Lipinski definition) is 4. The van der Waals surface area contributed by atoms with E-state index in [1.807, 2.05) is 4.90 Å². The van der Waals surface area contributed by atoms with Gasteiger partial charge in [0, 0.05) is 19.7 Å². The molecule has 1 fully saturated rings. The number of carboxylic acids is 2. The molecule has 8 nitrogen and oxygen atoms in total. The molecule has 0 spiro atoms. The molecule has 1 saturated heterocycles. The van der Waals surface area contributed by atoms with Crippen molar-refractivity contribution in [1.29, 1.82) is 0 Å². The van der Waals surface area contributed by atoms with Gasteiger partial charge in [0.05, 0.1) is 5.54 Å². The van der Waals surface area contributed by atoms with Crippen LogP contribution in [0.25, 0.3) is 0 Å². The number of carbonyl (C=O) groups is 3. The van der Waals surface area contributed by atoms with E-state index < -0.39 is 17.5 Å². The average molecular weight is 304 g/mol. The van der Waals surface area contributed by atoms with Gasteiger partial charge >= 0.3 is 11.9 Å². The molecule has 0 atom stereocenters. The lowest BCUT2D eigenvalue weighted by Gasteiger charge is -2.35. The first-order chi connectivity index (χ1) is 9.59. The van der Waals surface area contributed by atoms with E-state index in [-0.39, 0.29) is 12.5 Å². The molecular formula is C13H24N2O6. The van der Waals surface area contributed by atoms with Crippen molar-refractivity contribution in [2.75, 3.05) is 19.7 Å². The van der Waals surface area contributed by atoms with Gasteiger partial charge in [0.25, 0.3) is 0 Å². The van der Waals surface area contributed by atoms with Gasteiger partial charge in [-0.3, -0.25) is 4.79 Å². The smallest absolute Gasteiger partial charge is 0.414 e. The van der Waals surface area contributed by atoms with E-state index in [4.69, 9.17) is 30.6 Å². The molecule has 1 rings (SSSR count). The van der Waals surface area contributed by atoms with Crippen LogP contribution in [0.15, 0.2) is 0 Å². The van der Waals surface area contributed by atoms with E-state index in [0.717, 1.165) is 32.4 Å². The van der Waals surface area contributed by atoms with E-state index in [9.17, 15) is 4.79 Å². The van der Waals surface area contributed by atoms with Crippen LogP contribution in [-0.4, -0.2) is 63.3 Å². The number of carbonyl (C=O) groups excluding carboxylic acids is 1. The second-order valence-corrected chi connectivity index (χ2v) is 5.58. The van der Waals surface area contributed by atoms with Crippen LogP contribution in [-0.2, 0) is 14.4 Å². The zero-order valence-corrected chi connectivity index (χ0v) is 12.4. The van der Waals surface area contributed by atoms with Gasteiger partial charge in [0.2, 0.25) is 5.91 Å². The Bertz CT molecular complexity index is 357. The van der Waals surface area contributed by atoms with Crippen LogP contribution in [0.5, 0.6) is 0 Å². The van der Waals surface area contributed by atoms with Crippen LogP contribution in [0, 0.1) is 5.92 Å². The van der Waals surface area contributed by atoms with Gasteiger partial charge in [0.1, 0.15) is 0 Å². The highest BCUT2D eigenvalue weighted by molar-refractivity contribution is 6.27. The number of rotatable bonds is 3. The van der Waals surface area contributed by atoms with Gasteiger partial charge < -0.3 is 26.0 Å². The SMILES string of the molecule is CC(C)(N)C(=O)N1CCC(CCO)CC1.O=C(O)C(=O)O. The summed E-state index contributed by atoms with van der Waals surface area (Å²) >= 11 is 0. The first kappa shape index (κ1) is 19.3. The topological polar surface area (TPSA) is 141 Å². The van der Waals surface area contributed by atoms with Gasteiger partial charge in [-0.05, 0) is 39.0 Å². The Morgan fingerprint density at radius 2 is 1.57 bits per heavy atom. The Balaban J connectivity index is 0.000000567. The maximum atomic E-state index is 11.8. The molecule has 1 aliphatic heterocycles. The summed E-state index contributed by atoms with van der Waals surface area (Å²) in [4.78, 5) is 31.9. The summed E-state index contributed by atoms with van der Waals surface area (Å²) < 4.78 is 0. The van der Waals surface area contributed by atoms with Gasteiger partial charge in [-0.1, -0.05) is 0 Å². The molecule has 0 aromatic carbocycles. The van der Waals surface area contributed by atoms with Crippen molar-refractivity contribution in [2.24, 2.45) is 11.7 Å². The lowest BCUT2D eigenvalue weighted by atomic mass is 9.92. The van der Waals surface area contributed by atoms with Gasteiger partial charge in [-0.25, -0.2) is 9.59 Å². The number of piperidine rings is 1. The summed E-state index contributed by atoms with van der Waals surface area (Å²) in [6.45, 7) is 5.31. The molecule has 21 heavy (non-hydrogen) atoms. The molecule has 0 aromatic rings. The molecule has 0 bridgehead atoms. The lowest BCUT2D eigenvalue weighted by molar-refractivity contribution is -0.159. The number of likely N-dealkylation sites (tertiary alicyclic amines) is 1. The fourth-order valence-corrected chi connectivity index (χ4v) is 2.01. The van der Waals surface area contributed by atoms with E-state index in [2.05, 4.69) is 0 Å². The van der Waals surface area contributed by atoms with E-state index in [1.165, 1.54) is 0 Å². The molecule has 1 heterocycles. The van der Waals surface area contributed by atoms with E-state index >= 15 is 0 Å². The van der Waals surface area contributed by atoms with Gasteiger partial charge in [-0.15, -0.1) is 0 Å². The normalized spacial score (nSPS) is 15.9. The third-order valence-electron chi connectivity index (χ3n) is 3.17. The summed E-state index contributed by atoms with van der Waals surface area (Å²) in [5.74, 6) is -3.05. The number of nitrogens with zero attached hydrogens (tertiary/aromatic N) is 1. The molecule has 122 valence electrons. The van der Waals surface area contributed by atoms with Crippen LogP contribution in [0.3, 0.4) is 0 Å². The molecule has 8 heteroatoms. The van der Waals surface area contributed by atoms with E-state index in [0.29, 0.717) is 5.92 Å². The number of nitrogens with two attached hydrogens (primary N) is 1. The Morgan fingerprint density at radius 1 is 1.14 bits per heavy atom. The summed E-state index contributed by atoms with van der Waals surface area (Å²) in [6, 6.07) is 0. The van der Waals surface area contributed by atoms with E-state index in [1.54, 1.807) is 13.8 Å². The quantitative estimate of drug-likeness (QED) is 0.515. The Kier molecular flexibility index (Phi) is 7.90. The highest BCUT2D eigenvalue weighted by Crippen LogP contribution is 2.21. The second-order valence-electron chi connectivity index (χ2n) is 5.58. The van der Waals surface area contributed by atoms with Gasteiger partial charge in [0.15, 0.2) is 0 Å². The number of hydrogen-bond acceptors (Lipinski definition) is 5. The molecule has 0 saturated carbocycles. The third-order valence-corrected chi connectivity index (χ3v) is 3.17. The Labute approximate surface area is 123 Å². The minimum atomic E-state index is -1.82. The van der Waals surface area contributed by atoms with Crippen LogP contribution in [0.4, 0.5) is 0 Å². The molecule has 1 aliphatic rings. The number of carboxylic acid groups (broad SMARTS) is 2. The van der Waals surface area contributed by atoms with Crippen molar-refractivity contribution < 1.29 is 29.7 Å². The second kappa shape index (κ2) is 8.58. The number of aliphatic hydroxyl groups is 1. The highest BCUT2D eigenvalue weighted by atomic mass is 16.4. The van der Waals surface area contributed by atoms with Crippen molar-refractivity contribution in [1.82, 2.24) is 4.90 Å². The van der Waals surface area contributed by atoms with Crippen molar-refractivity contribution in [3.8, 4) is 0 Å². The zero-order valence-electron chi connectivity index (χ0n) is 12.4. The Hall–Kier alpha value is -1.67. The molecule has 0 aromatic heterocycles. The molecule has 0 radical (unpaired) electrons. The maximum absolute atomic E-state index is 11.8. The van der Waals surface area contributed by atoms with Crippen LogP contribution in [0.1, 0.15) is 33.1 Å². The highest BCUT2D eigenvalue weighted by Gasteiger charge is 2.30. The first-order valence-corrected chi connectivity index (χ1v) is 6.75. The largest absolute Gasteiger partial charge is 0.473 e. The maximum Gasteiger partial charge on any atom is 0.414 e. The van der Waals surface area contributed by atoms with Crippen molar-refractivity contribution in [3.63, 3.8) is 0 Å². The first-order valence-electron chi connectivity index (χ1n) is 6.75. The minimum absolute atomic E-state index is 0.0324. The molecule has 0 aliphatic carbocycles. The zero-order chi connectivity index (χ0) is 16.6. The lowest BCUT2D eigenvalue weighted by Crippen LogP contribution is -2.53. The fourth-order valence-electron chi connectivity index (χ4n) is 2.01. The van der Waals surface area contributed by atoms with Crippen molar-refractivity contribution >= 4 is 17.8 Å². The number of aliphatic carboxylic acids is 2. The summed E-state index contributed by atoms with van der Waals surface area (Å²) in [7, 11) is 0.